The molecule has 114 valence electrons. The van der Waals surface area contributed by atoms with Gasteiger partial charge in [0.25, 0.3) is 0 Å². The van der Waals surface area contributed by atoms with Crippen LogP contribution in [0.4, 0.5) is 0 Å². The molecule has 23 heavy (non-hydrogen) atoms. The molecule has 0 fully saturated rings. The lowest BCUT2D eigenvalue weighted by Crippen LogP contribution is -2.34. The third kappa shape index (κ3) is 2.20. The van der Waals surface area contributed by atoms with Gasteiger partial charge in [-0.25, -0.2) is 0 Å². The Kier molecular flexibility index (Phi) is 3.31. The summed E-state index contributed by atoms with van der Waals surface area (Å²) < 4.78 is 10.5. The van der Waals surface area contributed by atoms with Gasteiger partial charge in [0.05, 0.1) is 12.7 Å². The average Bonchev–Trinajstić information content (AvgIpc) is 2.93. The van der Waals surface area contributed by atoms with E-state index >= 15 is 0 Å². The van der Waals surface area contributed by atoms with Crippen molar-refractivity contribution in [1.82, 2.24) is 0 Å². The van der Waals surface area contributed by atoms with Crippen LogP contribution in [0.15, 0.2) is 54.6 Å². The van der Waals surface area contributed by atoms with Crippen LogP contribution in [-0.2, 0) is 7.05 Å². The van der Waals surface area contributed by atoms with Gasteiger partial charge in [0, 0.05) is 39.2 Å². The molecule has 2 nitrogen and oxygen atoms in total. The van der Waals surface area contributed by atoms with Gasteiger partial charge in [0.15, 0.2) is 5.69 Å². The van der Waals surface area contributed by atoms with E-state index in [0.29, 0.717) is 0 Å². The Morgan fingerprint density at radius 3 is 2.57 bits per heavy atom. The molecule has 4 aromatic rings. The van der Waals surface area contributed by atoms with Crippen molar-refractivity contribution in [3.63, 3.8) is 0 Å². The minimum Gasteiger partial charge on any atom is -0.496 e. The minimum atomic E-state index is 0.919. The number of ether oxygens (including phenoxy) is 1. The SMILES string of the molecule is COc1cc2c(cc1-c1cccc(C)[n+]1C)sc1ccccc12. The van der Waals surface area contributed by atoms with Crippen LogP contribution in [0.5, 0.6) is 5.75 Å². The van der Waals surface area contributed by atoms with Crippen LogP contribution in [-0.4, -0.2) is 7.11 Å². The first-order chi connectivity index (χ1) is 11.2. The quantitative estimate of drug-likeness (QED) is 0.481. The number of aromatic nitrogens is 1. The number of hydrogen-bond acceptors (Lipinski definition) is 2. The summed E-state index contributed by atoms with van der Waals surface area (Å²) in [6.07, 6.45) is 0. The van der Waals surface area contributed by atoms with Gasteiger partial charge in [0.1, 0.15) is 12.8 Å². The highest BCUT2D eigenvalue weighted by molar-refractivity contribution is 7.25. The van der Waals surface area contributed by atoms with Crippen molar-refractivity contribution in [2.24, 2.45) is 7.05 Å². The Morgan fingerprint density at radius 1 is 0.913 bits per heavy atom. The summed E-state index contributed by atoms with van der Waals surface area (Å²) >= 11 is 1.83. The van der Waals surface area contributed by atoms with Gasteiger partial charge < -0.3 is 4.74 Å². The van der Waals surface area contributed by atoms with E-state index in [2.05, 4.69) is 73.1 Å². The van der Waals surface area contributed by atoms with Gasteiger partial charge in [-0.2, -0.15) is 4.57 Å². The van der Waals surface area contributed by atoms with Crippen LogP contribution in [0.1, 0.15) is 5.69 Å². The average molecular weight is 320 g/mol. The topological polar surface area (TPSA) is 13.1 Å². The summed E-state index contributed by atoms with van der Waals surface area (Å²) in [7, 11) is 3.84. The number of nitrogens with zero attached hydrogens (tertiary/aromatic N) is 1. The highest BCUT2D eigenvalue weighted by atomic mass is 32.1. The van der Waals surface area contributed by atoms with Gasteiger partial charge >= 0.3 is 0 Å². The number of hydrogen-bond donors (Lipinski definition) is 0. The van der Waals surface area contributed by atoms with Crippen LogP contribution in [0.25, 0.3) is 31.4 Å². The number of methoxy groups -OCH3 is 1. The van der Waals surface area contributed by atoms with Crippen LogP contribution in [0.2, 0.25) is 0 Å². The third-order valence-electron chi connectivity index (χ3n) is 4.46. The lowest BCUT2D eigenvalue weighted by atomic mass is 10.1. The molecule has 0 amide bonds. The van der Waals surface area contributed by atoms with E-state index in [1.807, 2.05) is 11.3 Å². The zero-order valence-electron chi connectivity index (χ0n) is 13.5. The van der Waals surface area contributed by atoms with Crippen molar-refractivity contribution in [2.75, 3.05) is 7.11 Å². The lowest BCUT2D eigenvalue weighted by Gasteiger charge is -2.08. The fourth-order valence-electron chi connectivity index (χ4n) is 3.08. The normalized spacial score (nSPS) is 11.3. The molecule has 0 radical (unpaired) electrons. The van der Waals surface area contributed by atoms with Gasteiger partial charge in [0.2, 0.25) is 5.69 Å². The highest BCUT2D eigenvalue weighted by Crippen LogP contribution is 2.40. The fourth-order valence-corrected chi connectivity index (χ4v) is 4.21. The molecular weight excluding hydrogens is 302 g/mol. The van der Waals surface area contributed by atoms with E-state index in [0.717, 1.165) is 11.3 Å². The van der Waals surface area contributed by atoms with Crippen molar-refractivity contribution in [3.8, 4) is 17.0 Å². The standard InChI is InChI=1S/C20H18NOS/c1-13-7-6-9-17(21(13)2)16-12-20-15(11-18(16)22-3)14-8-4-5-10-19(14)23-20/h4-12H,1-3H3/q+1. The Morgan fingerprint density at radius 2 is 1.74 bits per heavy atom. The molecule has 0 atom stereocenters. The summed E-state index contributed by atoms with van der Waals surface area (Å²) in [6, 6.07) is 19.3. The molecule has 2 aromatic carbocycles. The Balaban J connectivity index is 2.06. The molecule has 2 heterocycles. The summed E-state index contributed by atoms with van der Waals surface area (Å²) in [5, 5.41) is 2.56. The molecule has 4 rings (SSSR count). The number of aryl methyl sites for hydroxylation is 1. The van der Waals surface area contributed by atoms with Gasteiger partial charge in [-0.05, 0) is 24.3 Å². The molecular formula is C20H18NOS+. The number of fused-ring (bicyclic) bond motifs is 3. The zero-order valence-corrected chi connectivity index (χ0v) is 14.3. The van der Waals surface area contributed by atoms with E-state index in [9.17, 15) is 0 Å². The Bertz CT molecular complexity index is 1030. The van der Waals surface area contributed by atoms with Crippen LogP contribution in [0, 0.1) is 6.92 Å². The second-order valence-electron chi connectivity index (χ2n) is 5.76. The van der Waals surface area contributed by atoms with E-state index in [4.69, 9.17) is 4.74 Å². The van der Waals surface area contributed by atoms with E-state index in [-0.39, 0.29) is 0 Å². The van der Waals surface area contributed by atoms with E-state index < -0.39 is 0 Å². The summed E-state index contributed by atoms with van der Waals surface area (Å²) in [5.74, 6) is 0.919. The first kappa shape index (κ1) is 14.2. The van der Waals surface area contributed by atoms with Crippen LogP contribution in [0.3, 0.4) is 0 Å². The maximum absolute atomic E-state index is 5.71. The third-order valence-corrected chi connectivity index (χ3v) is 5.59. The monoisotopic (exact) mass is 320 g/mol. The molecule has 0 bridgehead atoms. The lowest BCUT2D eigenvalue weighted by molar-refractivity contribution is -0.666. The number of pyridine rings is 1. The number of rotatable bonds is 2. The van der Waals surface area contributed by atoms with Crippen LogP contribution >= 0.6 is 11.3 Å². The Hall–Kier alpha value is -2.39. The molecule has 0 aliphatic rings. The summed E-state index contributed by atoms with van der Waals surface area (Å²) in [5.41, 5.74) is 3.53. The Labute approximate surface area is 139 Å². The number of benzene rings is 2. The van der Waals surface area contributed by atoms with E-state index in [1.165, 1.54) is 31.6 Å². The summed E-state index contributed by atoms with van der Waals surface area (Å²) in [6.45, 7) is 2.12. The molecule has 0 saturated carbocycles. The van der Waals surface area contributed by atoms with Crippen molar-refractivity contribution in [2.45, 2.75) is 6.92 Å². The molecule has 2 aromatic heterocycles. The van der Waals surface area contributed by atoms with Gasteiger partial charge in [-0.1, -0.05) is 18.2 Å². The molecule has 0 spiro atoms. The predicted molar refractivity (Wildman–Crippen MR) is 97.2 cm³/mol. The molecule has 0 unspecified atom stereocenters. The molecule has 0 N–H and O–H groups in total. The van der Waals surface area contributed by atoms with Gasteiger partial charge in [-0.3, -0.25) is 0 Å². The van der Waals surface area contributed by atoms with Crippen molar-refractivity contribution >= 4 is 31.5 Å². The zero-order chi connectivity index (χ0) is 16.0. The maximum Gasteiger partial charge on any atom is 0.216 e. The van der Waals surface area contributed by atoms with Crippen LogP contribution < -0.4 is 9.30 Å². The number of thiophene rings is 1. The molecule has 0 saturated heterocycles. The second kappa shape index (κ2) is 5.36. The first-order valence-corrected chi connectivity index (χ1v) is 8.46. The fraction of sp³-hybridized carbons (Fsp3) is 0.150. The summed E-state index contributed by atoms with van der Waals surface area (Å²) in [4.78, 5) is 0. The van der Waals surface area contributed by atoms with Crippen molar-refractivity contribution in [3.05, 3.63) is 60.3 Å². The highest BCUT2D eigenvalue weighted by Gasteiger charge is 2.18. The maximum atomic E-state index is 5.71. The van der Waals surface area contributed by atoms with Gasteiger partial charge in [-0.15, -0.1) is 11.3 Å². The van der Waals surface area contributed by atoms with Crippen molar-refractivity contribution < 1.29 is 9.30 Å². The molecule has 0 aliphatic heterocycles. The van der Waals surface area contributed by atoms with Crippen molar-refractivity contribution in [1.29, 1.82) is 0 Å². The first-order valence-electron chi connectivity index (χ1n) is 7.64. The smallest absolute Gasteiger partial charge is 0.216 e. The second-order valence-corrected chi connectivity index (χ2v) is 6.84. The van der Waals surface area contributed by atoms with E-state index in [1.54, 1.807) is 7.11 Å². The predicted octanol–water partition coefficient (Wildman–Crippen LogP) is 4.86. The molecule has 3 heteroatoms. The minimum absolute atomic E-state index is 0.919. The largest absolute Gasteiger partial charge is 0.496 e. The molecule has 0 aliphatic carbocycles.